The predicted molar refractivity (Wildman–Crippen MR) is 302 cm³/mol. The van der Waals surface area contributed by atoms with Crippen molar-refractivity contribution in [2.45, 2.75) is 328 Å². The molecular formula is C63H121NO8. The summed E-state index contributed by atoms with van der Waals surface area (Å²) in [5.41, 5.74) is 0. The average Bonchev–Trinajstić information content (AvgIpc) is 3.35. The van der Waals surface area contributed by atoms with Gasteiger partial charge in [0.05, 0.1) is 40.3 Å². The molecule has 0 saturated carbocycles. The Morgan fingerprint density at radius 3 is 1.03 bits per heavy atom. The fourth-order valence-electron chi connectivity index (χ4n) is 9.42. The molecule has 0 N–H and O–H groups in total. The molecule has 0 bridgehead atoms. The summed E-state index contributed by atoms with van der Waals surface area (Å²) < 4.78 is 22.7. The second kappa shape index (κ2) is 55.3. The van der Waals surface area contributed by atoms with Crippen LogP contribution in [0, 0.1) is 0 Å². The second-order valence-corrected chi connectivity index (χ2v) is 22.7. The first-order valence-corrected chi connectivity index (χ1v) is 31.3. The van der Waals surface area contributed by atoms with Gasteiger partial charge in [0, 0.05) is 12.8 Å². The summed E-state index contributed by atoms with van der Waals surface area (Å²) in [7, 11) is 5.93. The third-order valence-corrected chi connectivity index (χ3v) is 14.3. The van der Waals surface area contributed by atoms with E-state index in [0.29, 0.717) is 23.9 Å². The monoisotopic (exact) mass is 1020 g/mol. The van der Waals surface area contributed by atoms with E-state index in [9.17, 15) is 19.5 Å². The molecule has 0 radical (unpaired) electrons. The molecule has 2 unspecified atom stereocenters. The van der Waals surface area contributed by atoms with Crippen molar-refractivity contribution in [3.63, 3.8) is 0 Å². The zero-order valence-electron chi connectivity index (χ0n) is 48.6. The summed E-state index contributed by atoms with van der Waals surface area (Å²) in [6.07, 6.45) is 61.5. The van der Waals surface area contributed by atoms with E-state index in [-0.39, 0.29) is 32.2 Å². The Morgan fingerprint density at radius 2 is 0.708 bits per heavy atom. The highest BCUT2D eigenvalue weighted by Gasteiger charge is 2.22. The number of ether oxygens (including phenoxy) is 4. The Balaban J connectivity index is 4.04. The van der Waals surface area contributed by atoms with E-state index in [0.717, 1.165) is 51.4 Å². The fourth-order valence-corrected chi connectivity index (χ4v) is 9.42. The summed E-state index contributed by atoms with van der Waals surface area (Å²) in [5.74, 6) is -2.27. The normalized spacial score (nSPS) is 12.7. The number of quaternary nitrogens is 1. The summed E-state index contributed by atoms with van der Waals surface area (Å²) >= 11 is 0. The lowest BCUT2D eigenvalue weighted by Crippen LogP contribution is -2.44. The highest BCUT2D eigenvalue weighted by Crippen LogP contribution is 2.18. The number of likely N-dealkylation sites (N-methyl/N-ethyl adjacent to an activating group) is 1. The maximum absolute atomic E-state index is 12.8. The average molecular weight is 1020 g/mol. The van der Waals surface area contributed by atoms with Gasteiger partial charge in [0.15, 0.2) is 12.4 Å². The van der Waals surface area contributed by atoms with Crippen LogP contribution in [0.15, 0.2) is 12.2 Å². The number of rotatable bonds is 59. The van der Waals surface area contributed by atoms with Gasteiger partial charge in [0.25, 0.3) is 0 Å². The Morgan fingerprint density at radius 1 is 0.403 bits per heavy atom. The van der Waals surface area contributed by atoms with Gasteiger partial charge in [0.1, 0.15) is 13.2 Å². The highest BCUT2D eigenvalue weighted by molar-refractivity contribution is 5.70. The zero-order valence-corrected chi connectivity index (χ0v) is 48.6. The summed E-state index contributed by atoms with van der Waals surface area (Å²) in [4.78, 5) is 37.3. The van der Waals surface area contributed by atoms with Gasteiger partial charge in [-0.2, -0.15) is 0 Å². The van der Waals surface area contributed by atoms with Crippen molar-refractivity contribution in [3.05, 3.63) is 12.2 Å². The quantitative estimate of drug-likeness (QED) is 0.0195. The molecule has 0 aromatic carbocycles. The first kappa shape index (κ1) is 70.0. The SMILES string of the molecule is CCCCCCCCC/C=C\CCCCCCCC(=O)OC(COC(=O)CCCCCCCCCCCCCCCCCCCCCCCCCCCCCCCCC)COC(OCC[N+](C)(C)C)C(=O)[O-]. The third kappa shape index (κ3) is 55.8. The van der Waals surface area contributed by atoms with Crippen LogP contribution in [0.1, 0.15) is 316 Å². The molecular weight excluding hydrogens is 899 g/mol. The minimum atomic E-state index is -1.62. The lowest BCUT2D eigenvalue weighted by Gasteiger charge is -2.26. The highest BCUT2D eigenvalue weighted by atomic mass is 16.7. The van der Waals surface area contributed by atoms with Crippen molar-refractivity contribution in [1.82, 2.24) is 0 Å². The predicted octanol–water partition coefficient (Wildman–Crippen LogP) is 17.2. The topological polar surface area (TPSA) is 111 Å². The molecule has 0 rings (SSSR count). The number of esters is 2. The number of hydrogen-bond donors (Lipinski definition) is 0. The van der Waals surface area contributed by atoms with Crippen LogP contribution in [-0.4, -0.2) is 82.3 Å². The number of hydrogen-bond acceptors (Lipinski definition) is 8. The molecule has 0 amide bonds. The van der Waals surface area contributed by atoms with Crippen molar-refractivity contribution in [2.24, 2.45) is 0 Å². The molecule has 0 aliphatic heterocycles. The maximum Gasteiger partial charge on any atom is 0.306 e. The van der Waals surface area contributed by atoms with E-state index in [1.54, 1.807) is 0 Å². The first-order valence-electron chi connectivity index (χ1n) is 31.3. The number of carboxylic acids is 1. The lowest BCUT2D eigenvalue weighted by molar-refractivity contribution is -0.870. The Bertz CT molecular complexity index is 1190. The smallest absolute Gasteiger partial charge is 0.306 e. The molecule has 0 heterocycles. The van der Waals surface area contributed by atoms with Crippen molar-refractivity contribution < 1.29 is 42.9 Å². The van der Waals surface area contributed by atoms with E-state index in [1.165, 1.54) is 231 Å². The molecule has 0 saturated heterocycles. The van der Waals surface area contributed by atoms with Crippen LogP contribution in [0.4, 0.5) is 0 Å². The fraction of sp³-hybridized carbons (Fsp3) is 0.921. The largest absolute Gasteiger partial charge is 0.545 e. The van der Waals surface area contributed by atoms with Crippen LogP contribution >= 0.6 is 0 Å². The van der Waals surface area contributed by atoms with Gasteiger partial charge >= 0.3 is 11.9 Å². The standard InChI is InChI=1S/C63H121NO8/c1-6-8-10-12-14-16-18-20-22-24-25-26-27-28-29-30-31-32-33-34-35-36-37-38-40-41-43-45-47-49-51-53-60(65)70-57-59(58-71-63(62(67)68)69-56-55-64(3,4)5)72-61(66)54-52-50-48-46-44-42-39-23-21-19-17-15-13-11-9-7-2/h23,39,59,63H,6-22,24-38,40-58H2,1-5H3/b39-23-. The van der Waals surface area contributed by atoms with Gasteiger partial charge in [-0.1, -0.05) is 276 Å². The summed E-state index contributed by atoms with van der Waals surface area (Å²) in [5, 5.41) is 11.8. The van der Waals surface area contributed by atoms with Gasteiger partial charge < -0.3 is 33.3 Å². The number of carboxylic acid groups (broad SMARTS) is 1. The van der Waals surface area contributed by atoms with E-state index in [2.05, 4.69) is 26.0 Å². The molecule has 72 heavy (non-hydrogen) atoms. The molecule has 9 nitrogen and oxygen atoms in total. The van der Waals surface area contributed by atoms with Gasteiger partial charge in [-0.25, -0.2) is 0 Å². The molecule has 0 spiro atoms. The van der Waals surface area contributed by atoms with E-state index < -0.39 is 24.3 Å². The molecule has 0 aromatic heterocycles. The van der Waals surface area contributed by atoms with Crippen molar-refractivity contribution in [3.8, 4) is 0 Å². The van der Waals surface area contributed by atoms with Crippen LogP contribution in [0.3, 0.4) is 0 Å². The minimum Gasteiger partial charge on any atom is -0.545 e. The number of unbranched alkanes of at least 4 members (excludes halogenated alkanes) is 42. The van der Waals surface area contributed by atoms with E-state index in [1.807, 2.05) is 21.1 Å². The van der Waals surface area contributed by atoms with Crippen molar-refractivity contribution >= 4 is 17.9 Å². The molecule has 0 aromatic rings. The van der Waals surface area contributed by atoms with Crippen LogP contribution in [-0.2, 0) is 33.3 Å². The molecule has 0 aliphatic rings. The first-order chi connectivity index (χ1) is 35.1. The van der Waals surface area contributed by atoms with E-state index in [4.69, 9.17) is 18.9 Å². The molecule has 0 fully saturated rings. The van der Waals surface area contributed by atoms with Gasteiger partial charge in [0.2, 0.25) is 0 Å². The van der Waals surface area contributed by atoms with Crippen LogP contribution in [0.25, 0.3) is 0 Å². The molecule has 0 aliphatic carbocycles. The Kier molecular flexibility index (Phi) is 53.8. The van der Waals surface area contributed by atoms with Crippen LogP contribution in [0.5, 0.6) is 0 Å². The number of aliphatic carboxylic acids is 1. The Labute approximate surface area is 446 Å². The molecule has 9 heteroatoms. The van der Waals surface area contributed by atoms with E-state index >= 15 is 0 Å². The van der Waals surface area contributed by atoms with Crippen molar-refractivity contribution in [2.75, 3.05) is 47.5 Å². The summed E-state index contributed by atoms with van der Waals surface area (Å²) in [6, 6.07) is 0. The number of nitrogens with zero attached hydrogens (tertiary/aromatic N) is 1. The number of carbonyl (C=O) groups is 3. The van der Waals surface area contributed by atoms with Crippen LogP contribution < -0.4 is 5.11 Å². The second-order valence-electron chi connectivity index (χ2n) is 22.7. The number of allylic oxidation sites excluding steroid dienone is 2. The molecule has 2 atom stereocenters. The summed E-state index contributed by atoms with van der Waals surface area (Å²) in [6.45, 7) is 4.79. The zero-order chi connectivity index (χ0) is 52.7. The lowest BCUT2D eigenvalue weighted by atomic mass is 10.0. The van der Waals surface area contributed by atoms with Crippen molar-refractivity contribution in [1.29, 1.82) is 0 Å². The minimum absolute atomic E-state index is 0.150. The Hall–Kier alpha value is -1.97. The van der Waals surface area contributed by atoms with Gasteiger partial charge in [-0.05, 0) is 38.5 Å². The van der Waals surface area contributed by atoms with Gasteiger partial charge in [-0.3, -0.25) is 9.59 Å². The molecule has 426 valence electrons. The van der Waals surface area contributed by atoms with Crippen LogP contribution in [0.2, 0.25) is 0 Å². The van der Waals surface area contributed by atoms with Gasteiger partial charge in [-0.15, -0.1) is 0 Å². The third-order valence-electron chi connectivity index (χ3n) is 14.3. The number of carbonyl (C=O) groups excluding carboxylic acids is 3. The maximum atomic E-state index is 12.8.